The zero-order chi connectivity index (χ0) is 10.0. The first-order valence-electron chi connectivity index (χ1n) is 3.84. The Morgan fingerprint density at radius 3 is 2.46 bits per heavy atom. The van der Waals surface area contributed by atoms with Gasteiger partial charge in [0.05, 0.1) is 12.1 Å². The zero-order valence-electron chi connectivity index (χ0n) is 7.47. The normalized spacial score (nSPS) is 12.7. The molecule has 0 spiro atoms. The Morgan fingerprint density at radius 1 is 1.38 bits per heavy atom. The summed E-state index contributed by atoms with van der Waals surface area (Å²) in [4.78, 5) is 0. The smallest absolute Gasteiger partial charge is 0.142 e. The molecule has 72 valence electrons. The van der Waals surface area contributed by atoms with Gasteiger partial charge in [-0.25, -0.2) is 0 Å². The van der Waals surface area contributed by atoms with Gasteiger partial charge in [-0.3, -0.25) is 0 Å². The maximum Gasteiger partial charge on any atom is 0.142 e. The summed E-state index contributed by atoms with van der Waals surface area (Å²) >= 11 is 11.7. The van der Waals surface area contributed by atoms with Crippen molar-refractivity contribution in [3.8, 4) is 5.75 Å². The second kappa shape index (κ2) is 4.18. The fraction of sp³-hybridized carbons (Fsp3) is 0.333. The van der Waals surface area contributed by atoms with E-state index in [1.165, 1.54) is 0 Å². The van der Waals surface area contributed by atoms with Gasteiger partial charge < -0.3 is 10.5 Å². The molecule has 0 aliphatic rings. The lowest BCUT2D eigenvalue weighted by Crippen LogP contribution is -2.07. The van der Waals surface area contributed by atoms with E-state index in [0.29, 0.717) is 15.8 Å². The summed E-state index contributed by atoms with van der Waals surface area (Å²) in [6, 6.07) is 3.25. The minimum atomic E-state index is -0.147. The van der Waals surface area contributed by atoms with Crippen molar-refractivity contribution in [3.63, 3.8) is 0 Å². The number of nitrogens with two attached hydrogens (primary N) is 1. The molecule has 2 N–H and O–H groups in total. The number of hydrogen-bond acceptors (Lipinski definition) is 2. The van der Waals surface area contributed by atoms with Crippen LogP contribution < -0.4 is 10.5 Å². The van der Waals surface area contributed by atoms with Crippen LogP contribution in [0.5, 0.6) is 5.75 Å². The van der Waals surface area contributed by atoms with E-state index in [9.17, 15) is 0 Å². The van der Waals surface area contributed by atoms with Crippen LogP contribution in [0.4, 0.5) is 0 Å². The first-order valence-corrected chi connectivity index (χ1v) is 4.60. The molecule has 0 saturated heterocycles. The Balaban J connectivity index is 3.29. The molecule has 0 aliphatic heterocycles. The minimum absolute atomic E-state index is 0.147. The van der Waals surface area contributed by atoms with Crippen LogP contribution in [0.1, 0.15) is 18.5 Å². The number of hydrogen-bond donors (Lipinski definition) is 1. The molecular weight excluding hydrogens is 209 g/mol. The topological polar surface area (TPSA) is 35.2 Å². The zero-order valence-corrected chi connectivity index (χ0v) is 8.99. The van der Waals surface area contributed by atoms with Crippen LogP contribution in [0.3, 0.4) is 0 Å². The van der Waals surface area contributed by atoms with Gasteiger partial charge in [-0.05, 0) is 19.1 Å². The number of benzene rings is 1. The molecule has 2 nitrogen and oxygen atoms in total. The van der Waals surface area contributed by atoms with Crippen LogP contribution >= 0.6 is 23.2 Å². The summed E-state index contributed by atoms with van der Waals surface area (Å²) in [5.41, 5.74) is 6.55. The van der Waals surface area contributed by atoms with Gasteiger partial charge in [0, 0.05) is 16.6 Å². The Bertz CT molecular complexity index is 313. The van der Waals surface area contributed by atoms with E-state index >= 15 is 0 Å². The van der Waals surface area contributed by atoms with Crippen molar-refractivity contribution in [2.24, 2.45) is 5.73 Å². The average molecular weight is 220 g/mol. The molecule has 0 aromatic heterocycles. The molecule has 1 atom stereocenters. The molecule has 1 rings (SSSR count). The first-order chi connectivity index (χ1) is 6.06. The molecule has 0 bridgehead atoms. The van der Waals surface area contributed by atoms with Crippen molar-refractivity contribution < 1.29 is 4.74 Å². The molecule has 1 aromatic carbocycles. The highest BCUT2D eigenvalue weighted by atomic mass is 35.5. The highest BCUT2D eigenvalue weighted by Gasteiger charge is 2.12. The second-order valence-electron chi connectivity index (χ2n) is 2.80. The number of methoxy groups -OCH3 is 1. The third kappa shape index (κ3) is 2.27. The fourth-order valence-electron chi connectivity index (χ4n) is 1.13. The molecular formula is C9H11Cl2NO. The van der Waals surface area contributed by atoms with E-state index in [-0.39, 0.29) is 6.04 Å². The van der Waals surface area contributed by atoms with Crippen molar-refractivity contribution >= 4 is 23.2 Å². The van der Waals surface area contributed by atoms with E-state index in [4.69, 9.17) is 33.7 Å². The van der Waals surface area contributed by atoms with E-state index in [0.717, 1.165) is 5.56 Å². The van der Waals surface area contributed by atoms with Crippen LogP contribution in [-0.4, -0.2) is 7.11 Å². The Kier molecular flexibility index (Phi) is 3.42. The van der Waals surface area contributed by atoms with Gasteiger partial charge in [-0.15, -0.1) is 0 Å². The van der Waals surface area contributed by atoms with Crippen LogP contribution in [0, 0.1) is 0 Å². The van der Waals surface area contributed by atoms with Crippen LogP contribution in [0.15, 0.2) is 12.1 Å². The summed E-state index contributed by atoms with van der Waals surface area (Å²) < 4.78 is 5.12. The van der Waals surface area contributed by atoms with Crippen molar-refractivity contribution in [1.82, 2.24) is 0 Å². The van der Waals surface area contributed by atoms with Crippen LogP contribution in [-0.2, 0) is 0 Å². The predicted molar refractivity (Wildman–Crippen MR) is 55.6 cm³/mol. The molecule has 0 unspecified atom stereocenters. The lowest BCUT2D eigenvalue weighted by Gasteiger charge is -2.13. The van der Waals surface area contributed by atoms with E-state index in [1.54, 1.807) is 19.2 Å². The monoisotopic (exact) mass is 219 g/mol. The highest BCUT2D eigenvalue weighted by molar-refractivity contribution is 6.35. The maximum atomic E-state index is 5.91. The van der Waals surface area contributed by atoms with Gasteiger partial charge in [0.1, 0.15) is 5.75 Å². The average Bonchev–Trinajstić information content (AvgIpc) is 2.02. The van der Waals surface area contributed by atoms with Crippen molar-refractivity contribution in [3.05, 3.63) is 27.7 Å². The molecule has 0 radical (unpaired) electrons. The molecule has 0 aliphatic carbocycles. The van der Waals surface area contributed by atoms with Crippen molar-refractivity contribution in [1.29, 1.82) is 0 Å². The maximum absolute atomic E-state index is 5.91. The minimum Gasteiger partial charge on any atom is -0.495 e. The standard InChI is InChI=1S/C9H11Cl2NO/c1-5(12)7-3-6(10)4-8(11)9(7)13-2/h3-5H,12H2,1-2H3/t5-/m1/s1. The number of halogens is 2. The lowest BCUT2D eigenvalue weighted by molar-refractivity contribution is 0.407. The highest BCUT2D eigenvalue weighted by Crippen LogP contribution is 2.34. The number of rotatable bonds is 2. The molecule has 4 heteroatoms. The Hall–Kier alpha value is -0.440. The summed E-state index contributed by atoms with van der Waals surface area (Å²) in [6.07, 6.45) is 0. The van der Waals surface area contributed by atoms with Gasteiger partial charge in [-0.2, -0.15) is 0 Å². The molecule has 0 fully saturated rings. The van der Waals surface area contributed by atoms with Gasteiger partial charge in [0.25, 0.3) is 0 Å². The third-order valence-corrected chi connectivity index (χ3v) is 2.23. The van der Waals surface area contributed by atoms with E-state index in [2.05, 4.69) is 0 Å². The second-order valence-corrected chi connectivity index (χ2v) is 3.64. The quantitative estimate of drug-likeness (QED) is 0.831. The van der Waals surface area contributed by atoms with Gasteiger partial charge in [0.2, 0.25) is 0 Å². The predicted octanol–water partition coefficient (Wildman–Crippen LogP) is 3.02. The lowest BCUT2D eigenvalue weighted by atomic mass is 10.1. The largest absolute Gasteiger partial charge is 0.495 e. The third-order valence-electron chi connectivity index (χ3n) is 1.73. The molecule has 1 aromatic rings. The Morgan fingerprint density at radius 2 is 2.00 bits per heavy atom. The van der Waals surface area contributed by atoms with Crippen LogP contribution in [0.2, 0.25) is 10.0 Å². The van der Waals surface area contributed by atoms with E-state index < -0.39 is 0 Å². The Labute approximate surface area is 87.6 Å². The summed E-state index contributed by atoms with van der Waals surface area (Å²) in [5.74, 6) is 0.598. The van der Waals surface area contributed by atoms with Crippen molar-refractivity contribution in [2.45, 2.75) is 13.0 Å². The number of ether oxygens (including phenoxy) is 1. The summed E-state index contributed by atoms with van der Waals surface area (Å²) in [6.45, 7) is 1.85. The fourth-order valence-corrected chi connectivity index (χ4v) is 1.72. The molecule has 13 heavy (non-hydrogen) atoms. The van der Waals surface area contributed by atoms with Crippen LogP contribution in [0.25, 0.3) is 0 Å². The summed E-state index contributed by atoms with van der Waals surface area (Å²) in [7, 11) is 1.56. The van der Waals surface area contributed by atoms with Crippen molar-refractivity contribution in [2.75, 3.05) is 7.11 Å². The molecule has 0 heterocycles. The van der Waals surface area contributed by atoms with Gasteiger partial charge >= 0.3 is 0 Å². The molecule has 0 amide bonds. The van der Waals surface area contributed by atoms with E-state index in [1.807, 2.05) is 6.92 Å². The van der Waals surface area contributed by atoms with Gasteiger partial charge in [0.15, 0.2) is 0 Å². The summed E-state index contributed by atoms with van der Waals surface area (Å²) in [5, 5.41) is 1.06. The van der Waals surface area contributed by atoms with Gasteiger partial charge in [-0.1, -0.05) is 23.2 Å². The molecule has 0 saturated carbocycles. The first kappa shape index (κ1) is 10.6. The SMILES string of the molecule is COc1c(Cl)cc(Cl)cc1[C@@H](C)N.